The maximum absolute atomic E-state index is 10.6. The molecule has 0 aliphatic rings. The van der Waals surface area contributed by atoms with Crippen LogP contribution in [0.5, 0.6) is 0 Å². The Hall–Kier alpha value is -0.0800. The highest BCUT2D eigenvalue weighted by molar-refractivity contribution is 6.55. The predicted molar refractivity (Wildman–Crippen MR) is 39.6 cm³/mol. The third kappa shape index (κ3) is 4.77. The summed E-state index contributed by atoms with van der Waals surface area (Å²) in [6.45, 7) is 5.21. The molecule has 0 bridgehead atoms. The van der Waals surface area contributed by atoms with E-state index in [1.807, 2.05) is 0 Å². The van der Waals surface area contributed by atoms with E-state index in [1.54, 1.807) is 20.8 Å². The minimum Gasteiger partial charge on any atom is -0.606 e. The van der Waals surface area contributed by atoms with Crippen LogP contribution in [0, 0.1) is 0 Å². The Morgan fingerprint density at radius 2 is 1.70 bits per heavy atom. The highest BCUT2D eigenvalue weighted by Gasteiger charge is 2.04. The van der Waals surface area contributed by atoms with Crippen molar-refractivity contribution in [2.24, 2.45) is 0 Å². The quantitative estimate of drug-likeness (QED) is 0.581. The van der Waals surface area contributed by atoms with Gasteiger partial charge in [-0.15, -0.1) is 0 Å². The van der Waals surface area contributed by atoms with E-state index in [0.29, 0.717) is 0 Å². The van der Waals surface area contributed by atoms with Crippen LogP contribution in [0.15, 0.2) is 10.4 Å². The Bertz CT molecular complexity index is 142. The van der Waals surface area contributed by atoms with Crippen LogP contribution in [-0.2, 0) is 4.74 Å². The van der Waals surface area contributed by atoms with E-state index in [-0.39, 0.29) is 4.49 Å². The lowest BCUT2D eigenvalue weighted by Gasteiger charge is -2.30. The lowest BCUT2D eigenvalue weighted by atomic mass is 10.2. The maximum atomic E-state index is 10.6. The molecule has 0 aromatic rings. The van der Waals surface area contributed by atoms with Crippen LogP contribution in [0.25, 0.3) is 0 Å². The van der Waals surface area contributed by atoms with Crippen molar-refractivity contribution >= 4 is 23.2 Å². The van der Waals surface area contributed by atoms with Gasteiger partial charge in [-0.2, -0.15) is 0 Å². The zero-order valence-corrected chi connectivity index (χ0v) is 7.58. The summed E-state index contributed by atoms with van der Waals surface area (Å²) in [5.41, 5.74) is -0.536. The van der Waals surface area contributed by atoms with Crippen molar-refractivity contribution in [2.45, 2.75) is 26.4 Å². The molecular weight excluding hydrogens is 175 g/mol. The predicted octanol–water partition coefficient (Wildman–Crippen LogP) is 1.77. The Kier molecular flexibility index (Phi) is 3.33. The summed E-state index contributed by atoms with van der Waals surface area (Å²) in [5, 5.41) is 10.6. The van der Waals surface area contributed by atoms with Gasteiger partial charge in [-0.05, 0) is 0 Å². The van der Waals surface area contributed by atoms with Gasteiger partial charge in [0.05, 0.1) is 5.95 Å². The number of halogens is 2. The molecule has 0 N–H and O–H groups in total. The third-order valence-electron chi connectivity index (χ3n) is 0.553. The molecule has 0 spiro atoms. The summed E-state index contributed by atoms with van der Waals surface area (Å²) < 4.78 is 4.39. The number of rotatable bonds is 1. The Labute approximate surface area is 70.4 Å². The van der Waals surface area contributed by atoms with Gasteiger partial charge in [-0.25, -0.2) is 0 Å². The summed E-state index contributed by atoms with van der Waals surface area (Å²) in [6.07, 6.45) is 0. The van der Waals surface area contributed by atoms with E-state index in [1.165, 1.54) is 0 Å². The average Bonchev–Trinajstić information content (AvgIpc) is 1.60. The summed E-state index contributed by atoms with van der Waals surface area (Å²) in [4.78, 5) is 0. The van der Waals surface area contributed by atoms with Crippen LogP contribution in [0.4, 0.5) is 0 Å². The van der Waals surface area contributed by atoms with Gasteiger partial charge in [0.1, 0.15) is 4.49 Å². The van der Waals surface area contributed by atoms with Gasteiger partial charge in [0, 0.05) is 5.60 Å². The van der Waals surface area contributed by atoms with Crippen LogP contribution < -0.4 is 5.11 Å². The molecule has 0 saturated carbocycles. The molecule has 0 aromatic carbocycles. The van der Waals surface area contributed by atoms with Gasteiger partial charge in [-0.1, -0.05) is 44.0 Å². The molecule has 4 heteroatoms. The molecule has 0 aliphatic carbocycles. The second-order valence-corrected chi connectivity index (χ2v) is 3.71. The second kappa shape index (κ2) is 3.35. The van der Waals surface area contributed by atoms with E-state index in [9.17, 15) is 5.11 Å². The van der Waals surface area contributed by atoms with Crippen LogP contribution >= 0.6 is 23.2 Å². The molecular formula is C6H9Cl2O2-. The molecule has 0 heterocycles. The summed E-state index contributed by atoms with van der Waals surface area (Å²) in [6, 6.07) is 0. The molecule has 2 nitrogen and oxygen atoms in total. The van der Waals surface area contributed by atoms with Crippen molar-refractivity contribution in [3.8, 4) is 0 Å². The molecule has 0 amide bonds. The van der Waals surface area contributed by atoms with Crippen LogP contribution in [0.1, 0.15) is 20.8 Å². The third-order valence-corrected chi connectivity index (χ3v) is 0.862. The van der Waals surface area contributed by atoms with Gasteiger partial charge in [0.2, 0.25) is 0 Å². The standard InChI is InChI=1S/C6H10Cl2O2/c1-6(2,3)10-5(9)4(7)8/h9H,1-3H3/p-1. The fraction of sp³-hybridized carbons (Fsp3) is 0.667. The van der Waals surface area contributed by atoms with E-state index in [4.69, 9.17) is 27.9 Å². The molecule has 0 radical (unpaired) electrons. The first-order valence-corrected chi connectivity index (χ1v) is 3.50. The fourth-order valence-corrected chi connectivity index (χ4v) is 0.394. The number of hydrogen-bond donors (Lipinski definition) is 0. The number of ether oxygens (including phenoxy) is 1. The normalized spacial score (nSPS) is 10.9. The van der Waals surface area contributed by atoms with Gasteiger partial charge in [0.15, 0.2) is 0 Å². The van der Waals surface area contributed by atoms with Crippen molar-refractivity contribution in [1.82, 2.24) is 0 Å². The van der Waals surface area contributed by atoms with Crippen molar-refractivity contribution in [1.29, 1.82) is 0 Å². The van der Waals surface area contributed by atoms with E-state index in [2.05, 4.69) is 0 Å². The largest absolute Gasteiger partial charge is 0.606 e. The van der Waals surface area contributed by atoms with Crippen LogP contribution in [-0.4, -0.2) is 5.60 Å². The first-order valence-electron chi connectivity index (χ1n) is 2.74. The topological polar surface area (TPSA) is 32.3 Å². The van der Waals surface area contributed by atoms with Gasteiger partial charge in [0.25, 0.3) is 0 Å². The zero-order chi connectivity index (χ0) is 8.36. The molecule has 10 heavy (non-hydrogen) atoms. The summed E-state index contributed by atoms with van der Waals surface area (Å²) in [5.74, 6) is -0.684. The molecule has 0 unspecified atom stereocenters. The van der Waals surface area contributed by atoms with Crippen molar-refractivity contribution in [3.05, 3.63) is 10.4 Å². The molecule has 60 valence electrons. The highest BCUT2D eigenvalue weighted by atomic mass is 35.5. The molecule has 0 aliphatic heterocycles. The lowest BCUT2D eigenvalue weighted by Crippen LogP contribution is -2.24. The summed E-state index contributed by atoms with van der Waals surface area (Å²) >= 11 is 10.3. The summed E-state index contributed by atoms with van der Waals surface area (Å²) in [7, 11) is 0. The first kappa shape index (κ1) is 9.92. The molecule has 0 aromatic heterocycles. The Morgan fingerprint density at radius 1 is 1.30 bits per heavy atom. The molecule has 0 atom stereocenters. The van der Waals surface area contributed by atoms with Gasteiger partial charge in [-0.3, -0.25) is 0 Å². The maximum Gasteiger partial charge on any atom is 0.128 e. The molecule has 0 fully saturated rings. The fourth-order valence-electron chi connectivity index (χ4n) is 0.317. The minimum absolute atomic E-state index is 0.366. The first-order chi connectivity index (χ1) is 4.33. The second-order valence-electron chi connectivity index (χ2n) is 2.76. The van der Waals surface area contributed by atoms with Gasteiger partial charge < -0.3 is 9.84 Å². The smallest absolute Gasteiger partial charge is 0.128 e. The minimum atomic E-state index is -0.684. The van der Waals surface area contributed by atoms with Crippen molar-refractivity contribution in [2.75, 3.05) is 0 Å². The Morgan fingerprint density at radius 3 is 1.80 bits per heavy atom. The van der Waals surface area contributed by atoms with Gasteiger partial charge >= 0.3 is 0 Å². The Balaban J connectivity index is 4.06. The monoisotopic (exact) mass is 183 g/mol. The van der Waals surface area contributed by atoms with E-state index >= 15 is 0 Å². The number of hydrogen-bond acceptors (Lipinski definition) is 2. The van der Waals surface area contributed by atoms with Crippen molar-refractivity contribution in [3.63, 3.8) is 0 Å². The molecule has 0 rings (SSSR count). The SMILES string of the molecule is CC(C)(C)OC([O-])=C(Cl)Cl. The lowest BCUT2D eigenvalue weighted by molar-refractivity contribution is -0.368. The van der Waals surface area contributed by atoms with Crippen molar-refractivity contribution < 1.29 is 9.84 Å². The van der Waals surface area contributed by atoms with Crippen LogP contribution in [0.2, 0.25) is 0 Å². The average molecular weight is 184 g/mol. The van der Waals surface area contributed by atoms with Crippen LogP contribution in [0.3, 0.4) is 0 Å². The zero-order valence-electron chi connectivity index (χ0n) is 6.07. The van der Waals surface area contributed by atoms with E-state index in [0.717, 1.165) is 0 Å². The highest BCUT2D eigenvalue weighted by Crippen LogP contribution is 2.16. The molecule has 0 saturated heterocycles. The van der Waals surface area contributed by atoms with E-state index < -0.39 is 11.5 Å².